The standard InChI is InChI=1S/C10H10N2O3/c13-8-5-9-3-1-2-4-10(9)11-6-7-12(14)15/h1-4,6,8H,5,7H2. The lowest BCUT2D eigenvalue weighted by molar-refractivity contribution is -0.462. The number of hydrogen-bond acceptors (Lipinski definition) is 4. The molecule has 0 aliphatic carbocycles. The molecule has 0 atom stereocenters. The van der Waals surface area contributed by atoms with Crippen molar-refractivity contribution in [2.45, 2.75) is 6.42 Å². The molecule has 0 bridgehead atoms. The molecule has 0 aromatic heterocycles. The summed E-state index contributed by atoms with van der Waals surface area (Å²) in [6.07, 6.45) is 2.28. The molecule has 0 unspecified atom stereocenters. The Morgan fingerprint density at radius 3 is 2.80 bits per heavy atom. The van der Waals surface area contributed by atoms with Gasteiger partial charge in [0.2, 0.25) is 6.54 Å². The number of carbonyl (C=O) groups is 1. The molecule has 5 heteroatoms. The Morgan fingerprint density at radius 1 is 1.40 bits per heavy atom. The van der Waals surface area contributed by atoms with E-state index in [0.29, 0.717) is 5.69 Å². The second-order valence-corrected chi connectivity index (χ2v) is 2.83. The average molecular weight is 206 g/mol. The van der Waals surface area contributed by atoms with Crippen LogP contribution in [0.15, 0.2) is 29.3 Å². The molecule has 0 N–H and O–H groups in total. The fraction of sp³-hybridized carbons (Fsp3) is 0.200. The third-order valence-corrected chi connectivity index (χ3v) is 1.76. The van der Waals surface area contributed by atoms with Crippen molar-refractivity contribution in [3.8, 4) is 0 Å². The molecular formula is C10H10N2O3. The number of para-hydroxylation sites is 1. The zero-order chi connectivity index (χ0) is 11.1. The zero-order valence-corrected chi connectivity index (χ0v) is 8.00. The fourth-order valence-electron chi connectivity index (χ4n) is 1.11. The Balaban J connectivity index is 2.78. The summed E-state index contributed by atoms with van der Waals surface area (Å²) in [5.41, 5.74) is 1.37. The van der Waals surface area contributed by atoms with Gasteiger partial charge in [0.1, 0.15) is 6.29 Å². The van der Waals surface area contributed by atoms with Crippen molar-refractivity contribution < 1.29 is 9.72 Å². The molecule has 1 aromatic rings. The minimum absolute atomic E-state index is 0.270. The summed E-state index contributed by atoms with van der Waals surface area (Å²) in [7, 11) is 0. The van der Waals surface area contributed by atoms with Crippen molar-refractivity contribution in [3.05, 3.63) is 39.9 Å². The Hall–Kier alpha value is -2.04. The molecule has 0 saturated carbocycles. The molecule has 15 heavy (non-hydrogen) atoms. The summed E-state index contributed by atoms with van der Waals surface area (Å²) < 4.78 is 0. The molecule has 0 radical (unpaired) electrons. The molecule has 5 nitrogen and oxygen atoms in total. The van der Waals surface area contributed by atoms with Crippen molar-refractivity contribution in [1.82, 2.24) is 0 Å². The first-order valence-corrected chi connectivity index (χ1v) is 4.40. The van der Waals surface area contributed by atoms with E-state index in [4.69, 9.17) is 0 Å². The average Bonchev–Trinajstić information content (AvgIpc) is 2.20. The molecule has 0 amide bonds. The van der Waals surface area contributed by atoms with Crippen LogP contribution in [0.4, 0.5) is 5.69 Å². The van der Waals surface area contributed by atoms with E-state index in [2.05, 4.69) is 4.99 Å². The molecule has 1 rings (SSSR count). The number of nitro groups is 1. The van der Waals surface area contributed by atoms with Crippen molar-refractivity contribution in [1.29, 1.82) is 0 Å². The molecule has 0 fully saturated rings. The van der Waals surface area contributed by atoms with Crippen LogP contribution in [0.25, 0.3) is 0 Å². The molecule has 78 valence electrons. The predicted molar refractivity (Wildman–Crippen MR) is 56.2 cm³/mol. The van der Waals surface area contributed by atoms with Crippen LogP contribution in [0.5, 0.6) is 0 Å². The van der Waals surface area contributed by atoms with Crippen LogP contribution < -0.4 is 0 Å². The van der Waals surface area contributed by atoms with Crippen LogP contribution in [-0.4, -0.2) is 24.0 Å². The normalized spacial score (nSPS) is 10.4. The van der Waals surface area contributed by atoms with Crippen LogP contribution in [0.2, 0.25) is 0 Å². The summed E-state index contributed by atoms with van der Waals surface area (Å²) in [6, 6.07) is 7.06. The molecule has 1 aromatic carbocycles. The Morgan fingerprint density at radius 2 is 2.13 bits per heavy atom. The van der Waals surface area contributed by atoms with E-state index in [1.807, 2.05) is 0 Å². The van der Waals surface area contributed by atoms with Gasteiger partial charge in [0.15, 0.2) is 0 Å². The first-order valence-electron chi connectivity index (χ1n) is 4.40. The maximum absolute atomic E-state index is 10.3. The monoisotopic (exact) mass is 206 g/mol. The SMILES string of the molecule is O=CCc1ccccc1N=CC[N+](=O)[O-]. The quantitative estimate of drug-likeness (QED) is 0.316. The number of rotatable bonds is 5. The van der Waals surface area contributed by atoms with Crippen molar-refractivity contribution in [3.63, 3.8) is 0 Å². The highest BCUT2D eigenvalue weighted by Gasteiger charge is 1.98. The van der Waals surface area contributed by atoms with E-state index < -0.39 is 4.92 Å². The number of aliphatic imine (C=N–C) groups is 1. The zero-order valence-electron chi connectivity index (χ0n) is 8.00. The third kappa shape index (κ3) is 3.68. The van der Waals surface area contributed by atoms with Gasteiger partial charge in [-0.1, -0.05) is 18.2 Å². The van der Waals surface area contributed by atoms with Crippen LogP contribution in [-0.2, 0) is 11.2 Å². The van der Waals surface area contributed by atoms with Gasteiger partial charge in [-0.05, 0) is 11.6 Å². The van der Waals surface area contributed by atoms with Gasteiger partial charge in [0, 0.05) is 11.3 Å². The Labute approximate surface area is 86.6 Å². The first kappa shape index (κ1) is 11.0. The first-order chi connectivity index (χ1) is 7.24. The van der Waals surface area contributed by atoms with Gasteiger partial charge in [-0.15, -0.1) is 0 Å². The number of benzene rings is 1. The molecule has 0 aliphatic heterocycles. The lowest BCUT2D eigenvalue weighted by Crippen LogP contribution is -2.00. The van der Waals surface area contributed by atoms with E-state index >= 15 is 0 Å². The second-order valence-electron chi connectivity index (χ2n) is 2.83. The van der Waals surface area contributed by atoms with E-state index in [1.165, 1.54) is 6.21 Å². The number of aldehydes is 1. The second kappa shape index (κ2) is 5.64. The van der Waals surface area contributed by atoms with Crippen LogP contribution in [0.1, 0.15) is 5.56 Å². The van der Waals surface area contributed by atoms with Gasteiger partial charge in [0.25, 0.3) is 0 Å². The van der Waals surface area contributed by atoms with Gasteiger partial charge in [-0.2, -0.15) is 0 Å². The third-order valence-electron chi connectivity index (χ3n) is 1.76. The number of hydrogen-bond donors (Lipinski definition) is 0. The predicted octanol–water partition coefficient (Wildman–Crippen LogP) is 1.41. The largest absolute Gasteiger partial charge is 0.303 e. The minimum Gasteiger partial charge on any atom is -0.303 e. The Kier molecular flexibility index (Phi) is 4.15. The highest BCUT2D eigenvalue weighted by molar-refractivity contribution is 5.68. The Bertz CT molecular complexity index is 388. The van der Waals surface area contributed by atoms with Gasteiger partial charge < -0.3 is 4.79 Å². The van der Waals surface area contributed by atoms with Crippen LogP contribution in [0.3, 0.4) is 0 Å². The lowest BCUT2D eigenvalue weighted by atomic mass is 10.1. The molecule has 0 aliphatic rings. The van der Waals surface area contributed by atoms with E-state index in [9.17, 15) is 14.9 Å². The molecule has 0 spiro atoms. The smallest absolute Gasteiger partial charge is 0.238 e. The van der Waals surface area contributed by atoms with E-state index in [-0.39, 0.29) is 13.0 Å². The number of carbonyl (C=O) groups excluding carboxylic acids is 1. The topological polar surface area (TPSA) is 72.6 Å². The number of nitrogens with zero attached hydrogens (tertiary/aromatic N) is 2. The summed E-state index contributed by atoms with van der Waals surface area (Å²) in [5, 5.41) is 10.1. The lowest BCUT2D eigenvalue weighted by Gasteiger charge is -1.99. The van der Waals surface area contributed by atoms with E-state index in [1.54, 1.807) is 24.3 Å². The summed E-state index contributed by atoms with van der Waals surface area (Å²) >= 11 is 0. The highest BCUT2D eigenvalue weighted by Crippen LogP contribution is 2.17. The summed E-state index contributed by atoms with van der Waals surface area (Å²) in [5.74, 6) is 0. The maximum Gasteiger partial charge on any atom is 0.238 e. The van der Waals surface area contributed by atoms with Gasteiger partial charge in [-0.3, -0.25) is 15.1 Å². The summed E-state index contributed by atoms with van der Waals surface area (Å²) in [4.78, 5) is 23.9. The van der Waals surface area contributed by atoms with Crippen molar-refractivity contribution in [2.75, 3.05) is 6.54 Å². The van der Waals surface area contributed by atoms with Gasteiger partial charge in [-0.25, -0.2) is 0 Å². The molecular weight excluding hydrogens is 196 g/mol. The van der Waals surface area contributed by atoms with Gasteiger partial charge in [0.05, 0.1) is 11.9 Å². The summed E-state index contributed by atoms with van der Waals surface area (Å²) in [6.45, 7) is -0.310. The van der Waals surface area contributed by atoms with Crippen molar-refractivity contribution >= 4 is 18.2 Å². The van der Waals surface area contributed by atoms with Crippen LogP contribution >= 0.6 is 0 Å². The van der Waals surface area contributed by atoms with Crippen molar-refractivity contribution in [2.24, 2.45) is 4.99 Å². The minimum atomic E-state index is -0.466. The van der Waals surface area contributed by atoms with Gasteiger partial charge >= 0.3 is 0 Å². The van der Waals surface area contributed by atoms with E-state index in [0.717, 1.165) is 11.8 Å². The van der Waals surface area contributed by atoms with Crippen LogP contribution in [0, 0.1) is 10.1 Å². The maximum atomic E-state index is 10.3. The fourth-order valence-corrected chi connectivity index (χ4v) is 1.11. The molecule has 0 saturated heterocycles. The molecule has 0 heterocycles. The highest BCUT2D eigenvalue weighted by atomic mass is 16.6.